The van der Waals surface area contributed by atoms with E-state index >= 15 is 0 Å². The molecule has 6 heteroatoms. The first kappa shape index (κ1) is 14.0. The monoisotopic (exact) mass is 280 g/mol. The van der Waals surface area contributed by atoms with E-state index in [1.807, 2.05) is 10.9 Å². The highest BCUT2D eigenvalue weighted by molar-refractivity contribution is 4.79. The molecular weight excluding hydrogens is 256 g/mol. The molecule has 1 aromatic heterocycles. The summed E-state index contributed by atoms with van der Waals surface area (Å²) in [6, 6.07) is 0.456. The maximum absolute atomic E-state index is 5.81. The Kier molecular flexibility index (Phi) is 5.00. The third-order valence-electron chi connectivity index (χ3n) is 4.14. The maximum Gasteiger partial charge on any atom is 0.157 e. The summed E-state index contributed by atoms with van der Waals surface area (Å²) < 4.78 is 13.4. The Hall–Kier alpha value is -0.980. The predicted molar refractivity (Wildman–Crippen MR) is 74.3 cm³/mol. The van der Waals surface area contributed by atoms with Gasteiger partial charge in [0.25, 0.3) is 0 Å². The van der Waals surface area contributed by atoms with E-state index in [9.17, 15) is 0 Å². The van der Waals surface area contributed by atoms with Crippen LogP contribution in [0.4, 0.5) is 0 Å². The fraction of sp³-hybridized carbons (Fsp3) is 0.857. The minimum Gasteiger partial charge on any atom is -0.353 e. The van der Waals surface area contributed by atoms with Crippen molar-refractivity contribution in [3.63, 3.8) is 0 Å². The second kappa shape index (κ2) is 7.15. The molecule has 2 aliphatic heterocycles. The quantitative estimate of drug-likeness (QED) is 0.817. The molecule has 3 rings (SSSR count). The smallest absolute Gasteiger partial charge is 0.157 e. The highest BCUT2D eigenvalue weighted by Crippen LogP contribution is 2.20. The number of piperidine rings is 1. The van der Waals surface area contributed by atoms with Crippen molar-refractivity contribution < 1.29 is 9.47 Å². The van der Waals surface area contributed by atoms with Gasteiger partial charge in [0, 0.05) is 25.9 Å². The Morgan fingerprint density at radius 2 is 2.25 bits per heavy atom. The molecule has 0 saturated carbocycles. The lowest BCUT2D eigenvalue weighted by atomic mass is 10.1. The first-order valence-corrected chi connectivity index (χ1v) is 7.73. The summed E-state index contributed by atoms with van der Waals surface area (Å²) in [6.45, 7) is 4.78. The average Bonchev–Trinajstić information content (AvgIpc) is 3.03. The van der Waals surface area contributed by atoms with Crippen LogP contribution in [0, 0.1) is 0 Å². The molecule has 2 aliphatic rings. The number of hydrogen-bond donors (Lipinski definition) is 0. The number of rotatable bonds is 5. The van der Waals surface area contributed by atoms with Gasteiger partial charge in [-0.1, -0.05) is 5.21 Å². The molecule has 2 saturated heterocycles. The summed E-state index contributed by atoms with van der Waals surface area (Å²) in [7, 11) is 0. The van der Waals surface area contributed by atoms with Gasteiger partial charge in [0.15, 0.2) is 6.29 Å². The third-order valence-corrected chi connectivity index (χ3v) is 4.14. The minimum atomic E-state index is 0.0275. The molecule has 2 atom stereocenters. The number of ether oxygens (including phenoxy) is 2. The zero-order valence-corrected chi connectivity index (χ0v) is 12.0. The van der Waals surface area contributed by atoms with Crippen LogP contribution in [0.5, 0.6) is 0 Å². The fourth-order valence-electron chi connectivity index (χ4n) is 3.02. The number of aromatic nitrogens is 3. The molecule has 6 nitrogen and oxygen atoms in total. The van der Waals surface area contributed by atoms with E-state index in [-0.39, 0.29) is 6.29 Å². The van der Waals surface area contributed by atoms with Crippen LogP contribution in [0.2, 0.25) is 0 Å². The summed E-state index contributed by atoms with van der Waals surface area (Å²) in [5.74, 6) is 0. The van der Waals surface area contributed by atoms with Gasteiger partial charge in [0.1, 0.15) is 0 Å². The molecule has 0 spiro atoms. The fourth-order valence-corrected chi connectivity index (χ4v) is 3.02. The van der Waals surface area contributed by atoms with Crippen LogP contribution in [-0.2, 0) is 9.47 Å². The van der Waals surface area contributed by atoms with Gasteiger partial charge in [0.2, 0.25) is 0 Å². The van der Waals surface area contributed by atoms with E-state index in [2.05, 4.69) is 15.2 Å². The lowest BCUT2D eigenvalue weighted by Gasteiger charge is -2.33. The molecule has 0 aliphatic carbocycles. The zero-order chi connectivity index (χ0) is 13.6. The van der Waals surface area contributed by atoms with E-state index in [1.54, 1.807) is 6.20 Å². The van der Waals surface area contributed by atoms with Gasteiger partial charge >= 0.3 is 0 Å². The minimum absolute atomic E-state index is 0.0275. The van der Waals surface area contributed by atoms with Crippen LogP contribution >= 0.6 is 0 Å². The van der Waals surface area contributed by atoms with Crippen LogP contribution < -0.4 is 0 Å². The lowest BCUT2D eigenvalue weighted by molar-refractivity contribution is -0.164. The van der Waals surface area contributed by atoms with E-state index in [4.69, 9.17) is 9.47 Å². The summed E-state index contributed by atoms with van der Waals surface area (Å²) >= 11 is 0. The van der Waals surface area contributed by atoms with Crippen LogP contribution in [0.3, 0.4) is 0 Å². The van der Waals surface area contributed by atoms with Crippen molar-refractivity contribution in [1.82, 2.24) is 19.9 Å². The van der Waals surface area contributed by atoms with Crippen molar-refractivity contribution in [3.8, 4) is 0 Å². The number of likely N-dealkylation sites (tertiary alicyclic amines) is 1. The first-order valence-electron chi connectivity index (χ1n) is 7.73. The highest BCUT2D eigenvalue weighted by atomic mass is 16.7. The Labute approximate surface area is 120 Å². The molecule has 2 unspecified atom stereocenters. The number of hydrogen-bond acceptors (Lipinski definition) is 5. The van der Waals surface area contributed by atoms with Crippen LogP contribution in [0.15, 0.2) is 12.4 Å². The normalized spacial score (nSPS) is 28.6. The predicted octanol–water partition coefficient (Wildman–Crippen LogP) is 1.46. The molecule has 0 radical (unpaired) electrons. The van der Waals surface area contributed by atoms with Gasteiger partial charge in [0.05, 0.1) is 18.8 Å². The second-order valence-corrected chi connectivity index (χ2v) is 5.65. The molecule has 2 fully saturated rings. The summed E-state index contributed by atoms with van der Waals surface area (Å²) in [6.07, 6.45) is 9.58. The Morgan fingerprint density at radius 1 is 1.25 bits per heavy atom. The van der Waals surface area contributed by atoms with Gasteiger partial charge in [-0.3, -0.25) is 4.90 Å². The second-order valence-electron chi connectivity index (χ2n) is 5.65. The zero-order valence-electron chi connectivity index (χ0n) is 12.0. The van der Waals surface area contributed by atoms with Gasteiger partial charge in [-0.15, -0.1) is 5.10 Å². The largest absolute Gasteiger partial charge is 0.353 e. The van der Waals surface area contributed by atoms with E-state index in [0.29, 0.717) is 6.04 Å². The Balaban J connectivity index is 1.39. The summed E-state index contributed by atoms with van der Waals surface area (Å²) in [5.41, 5.74) is 0. The molecule has 0 N–H and O–H groups in total. The van der Waals surface area contributed by atoms with Crippen LogP contribution in [0.1, 0.15) is 38.1 Å². The molecule has 0 aromatic carbocycles. The summed E-state index contributed by atoms with van der Waals surface area (Å²) in [4.78, 5) is 2.46. The summed E-state index contributed by atoms with van der Waals surface area (Å²) in [5, 5.41) is 8.02. The van der Waals surface area contributed by atoms with Gasteiger partial charge in [-0.2, -0.15) is 0 Å². The topological polar surface area (TPSA) is 52.4 Å². The van der Waals surface area contributed by atoms with Crippen LogP contribution in [0.25, 0.3) is 0 Å². The number of nitrogens with zero attached hydrogens (tertiary/aromatic N) is 4. The lowest BCUT2D eigenvalue weighted by Crippen LogP contribution is -2.39. The van der Waals surface area contributed by atoms with Crippen molar-refractivity contribution in [1.29, 1.82) is 0 Å². The third kappa shape index (κ3) is 3.77. The first-order chi connectivity index (χ1) is 9.92. The molecule has 112 valence electrons. The molecule has 0 bridgehead atoms. The van der Waals surface area contributed by atoms with Crippen molar-refractivity contribution in [2.45, 2.75) is 44.4 Å². The molecule has 3 heterocycles. The maximum atomic E-state index is 5.81. The van der Waals surface area contributed by atoms with Crippen molar-refractivity contribution in [3.05, 3.63) is 12.4 Å². The van der Waals surface area contributed by atoms with E-state index in [1.165, 1.54) is 25.7 Å². The molecule has 1 aromatic rings. The van der Waals surface area contributed by atoms with Gasteiger partial charge < -0.3 is 9.47 Å². The van der Waals surface area contributed by atoms with E-state index < -0.39 is 0 Å². The Bertz CT molecular complexity index is 379. The SMILES string of the molecule is c1cn(C2CCCN(CCOC3CCCCO3)C2)nn1. The van der Waals surface area contributed by atoms with Crippen molar-refractivity contribution >= 4 is 0 Å². The molecule has 0 amide bonds. The average molecular weight is 280 g/mol. The van der Waals surface area contributed by atoms with Gasteiger partial charge in [-0.05, 0) is 38.6 Å². The highest BCUT2D eigenvalue weighted by Gasteiger charge is 2.22. The van der Waals surface area contributed by atoms with Crippen molar-refractivity contribution in [2.75, 3.05) is 32.8 Å². The molecular formula is C14H24N4O2. The van der Waals surface area contributed by atoms with Crippen LogP contribution in [-0.4, -0.2) is 59.0 Å². The van der Waals surface area contributed by atoms with E-state index in [0.717, 1.165) is 39.3 Å². The van der Waals surface area contributed by atoms with Gasteiger partial charge in [-0.25, -0.2) is 4.68 Å². The standard InChI is InChI=1S/C14H24N4O2/c1-2-10-19-14(5-1)20-11-9-17-7-3-4-13(12-17)18-8-6-15-16-18/h6,8,13-14H,1-5,7,9-12H2. The van der Waals surface area contributed by atoms with Crippen molar-refractivity contribution in [2.24, 2.45) is 0 Å². The Morgan fingerprint density at radius 3 is 3.05 bits per heavy atom. The molecule has 20 heavy (non-hydrogen) atoms.